The van der Waals surface area contributed by atoms with E-state index in [4.69, 9.17) is 9.47 Å². The van der Waals surface area contributed by atoms with E-state index >= 15 is 0 Å². The van der Waals surface area contributed by atoms with Crippen LogP contribution in [0.1, 0.15) is 25.0 Å². The highest BCUT2D eigenvalue weighted by Crippen LogP contribution is 2.30. The molecule has 9 nitrogen and oxygen atoms in total. The predicted octanol–water partition coefficient (Wildman–Crippen LogP) is 3.41. The minimum Gasteiger partial charge on any atom is -0.491 e. The highest BCUT2D eigenvalue weighted by atomic mass is 32.2. The second-order valence-corrected chi connectivity index (χ2v) is 9.89. The fraction of sp³-hybridized carbons (Fsp3) is 0.318. The minimum atomic E-state index is -3.66. The molecule has 170 valence electrons. The van der Waals surface area contributed by atoms with Crippen LogP contribution in [0, 0.1) is 13.8 Å². The van der Waals surface area contributed by atoms with Gasteiger partial charge in [0.15, 0.2) is 5.75 Å². The number of aromatic nitrogens is 3. The first-order valence-corrected chi connectivity index (χ1v) is 11.5. The summed E-state index contributed by atoms with van der Waals surface area (Å²) in [5.74, 6) is 0.767. The summed E-state index contributed by atoms with van der Waals surface area (Å²) in [6, 6.07) is 8.69. The minimum absolute atomic E-state index is 0.0332. The Kier molecular flexibility index (Phi) is 6.54. The summed E-state index contributed by atoms with van der Waals surface area (Å²) in [6.45, 7) is 6.92. The van der Waals surface area contributed by atoms with Crippen LogP contribution < -0.4 is 19.8 Å². The number of benzene rings is 1. The zero-order valence-electron chi connectivity index (χ0n) is 18.8. The molecule has 1 N–H and O–H groups in total. The van der Waals surface area contributed by atoms with Crippen molar-refractivity contribution in [1.29, 1.82) is 0 Å². The monoisotopic (exact) mass is 458 g/mol. The molecule has 0 aliphatic rings. The van der Waals surface area contributed by atoms with E-state index in [1.807, 2.05) is 32.0 Å². The van der Waals surface area contributed by atoms with E-state index in [9.17, 15) is 13.2 Å². The van der Waals surface area contributed by atoms with E-state index in [1.165, 1.54) is 23.8 Å². The number of rotatable bonds is 7. The maximum atomic E-state index is 12.4. The molecule has 0 fully saturated rings. The lowest BCUT2D eigenvalue weighted by Crippen LogP contribution is -2.23. The maximum absolute atomic E-state index is 12.4. The summed E-state index contributed by atoms with van der Waals surface area (Å²) in [5.41, 5.74) is 2.34. The van der Waals surface area contributed by atoms with Gasteiger partial charge in [0.25, 0.3) is 5.56 Å². The van der Waals surface area contributed by atoms with Crippen molar-refractivity contribution in [2.24, 2.45) is 7.05 Å². The third-order valence-corrected chi connectivity index (χ3v) is 6.58. The molecule has 1 aromatic carbocycles. The Bertz CT molecular complexity index is 1300. The van der Waals surface area contributed by atoms with Gasteiger partial charge >= 0.3 is 6.01 Å². The second-order valence-electron chi connectivity index (χ2n) is 7.65. The van der Waals surface area contributed by atoms with Crippen LogP contribution in [0.25, 0.3) is 11.3 Å². The number of para-hydroxylation sites is 1. The van der Waals surface area contributed by atoms with Gasteiger partial charge in [-0.15, -0.1) is 0 Å². The van der Waals surface area contributed by atoms with Crippen LogP contribution >= 0.6 is 0 Å². The topological polar surface area (TPSA) is 112 Å². The fourth-order valence-electron chi connectivity index (χ4n) is 2.95. The predicted molar refractivity (Wildman–Crippen MR) is 123 cm³/mol. The molecule has 3 aromatic rings. The molecular weight excluding hydrogens is 432 g/mol. The Labute approximate surface area is 187 Å². The third-order valence-electron chi connectivity index (χ3n) is 4.84. The molecule has 0 saturated carbocycles. The van der Waals surface area contributed by atoms with Gasteiger partial charge < -0.3 is 14.0 Å². The molecule has 2 aromatic heterocycles. The summed E-state index contributed by atoms with van der Waals surface area (Å²) in [6.07, 6.45) is 1.58. The van der Waals surface area contributed by atoms with Crippen LogP contribution in [-0.2, 0) is 17.1 Å². The fourth-order valence-corrected chi connectivity index (χ4v) is 3.59. The van der Waals surface area contributed by atoms with Crippen LogP contribution in [0.15, 0.2) is 41.3 Å². The number of anilines is 1. The number of hydrogen-bond acceptors (Lipinski definition) is 7. The zero-order chi connectivity index (χ0) is 23.6. The maximum Gasteiger partial charge on any atom is 0.324 e. The number of hydrogen-bond donors (Lipinski definition) is 1. The van der Waals surface area contributed by atoms with Gasteiger partial charge in [-0.1, -0.05) is 18.2 Å². The standard InChI is InChI=1S/C22H26N4O5S/c1-13(2)32(28,29)25-19-11-17(16-10-18(30-6)21(27)26(5)12-16)23-22(24-19)31-20-14(3)8-7-9-15(20)4/h7-13H,1-6H3,(H,23,24,25). The van der Waals surface area contributed by atoms with Gasteiger partial charge in [0.2, 0.25) is 10.0 Å². The van der Waals surface area contributed by atoms with Crippen molar-refractivity contribution in [3.05, 3.63) is 58.0 Å². The third kappa shape index (κ3) is 4.91. The molecule has 0 spiro atoms. The Morgan fingerprint density at radius 3 is 2.34 bits per heavy atom. The number of nitrogens with one attached hydrogen (secondary N) is 1. The summed E-state index contributed by atoms with van der Waals surface area (Å²) in [5, 5.41) is -0.665. The van der Waals surface area contributed by atoms with Gasteiger partial charge in [0.05, 0.1) is 18.1 Å². The van der Waals surface area contributed by atoms with Gasteiger partial charge in [-0.25, -0.2) is 8.42 Å². The van der Waals surface area contributed by atoms with Crippen molar-refractivity contribution in [2.75, 3.05) is 11.8 Å². The van der Waals surface area contributed by atoms with Crippen LogP contribution in [0.2, 0.25) is 0 Å². The Morgan fingerprint density at radius 1 is 1.09 bits per heavy atom. The van der Waals surface area contributed by atoms with Crippen molar-refractivity contribution in [3.63, 3.8) is 0 Å². The lowest BCUT2D eigenvalue weighted by Gasteiger charge is -2.15. The average Bonchev–Trinajstić information content (AvgIpc) is 2.72. The van der Waals surface area contributed by atoms with Crippen molar-refractivity contribution >= 4 is 15.8 Å². The van der Waals surface area contributed by atoms with Gasteiger partial charge in [-0.2, -0.15) is 9.97 Å². The van der Waals surface area contributed by atoms with Gasteiger partial charge in [-0.05, 0) is 44.9 Å². The molecule has 0 bridgehead atoms. The van der Waals surface area contributed by atoms with Crippen molar-refractivity contribution in [3.8, 4) is 28.8 Å². The van der Waals surface area contributed by atoms with E-state index in [0.29, 0.717) is 17.0 Å². The molecule has 0 unspecified atom stereocenters. The Balaban J connectivity index is 2.17. The first kappa shape index (κ1) is 23.3. The summed E-state index contributed by atoms with van der Waals surface area (Å²) >= 11 is 0. The zero-order valence-corrected chi connectivity index (χ0v) is 19.6. The molecule has 32 heavy (non-hydrogen) atoms. The lowest BCUT2D eigenvalue weighted by molar-refractivity contribution is 0.405. The van der Waals surface area contributed by atoms with E-state index < -0.39 is 15.3 Å². The summed E-state index contributed by atoms with van der Waals surface area (Å²) in [7, 11) is -0.669. The Morgan fingerprint density at radius 2 is 1.75 bits per heavy atom. The van der Waals surface area contributed by atoms with Crippen LogP contribution in [0.4, 0.5) is 5.82 Å². The average molecular weight is 459 g/mol. The molecule has 0 saturated heterocycles. The first-order chi connectivity index (χ1) is 15.0. The van der Waals surface area contributed by atoms with Gasteiger partial charge in [-0.3, -0.25) is 9.52 Å². The first-order valence-electron chi connectivity index (χ1n) is 9.91. The molecule has 0 amide bonds. The van der Waals surface area contributed by atoms with E-state index in [2.05, 4.69) is 14.7 Å². The largest absolute Gasteiger partial charge is 0.491 e. The molecule has 0 atom stereocenters. The molecule has 10 heteroatoms. The normalized spacial score (nSPS) is 11.5. The highest BCUT2D eigenvalue weighted by Gasteiger charge is 2.19. The van der Waals surface area contributed by atoms with Crippen LogP contribution in [0.5, 0.6) is 17.5 Å². The molecule has 0 radical (unpaired) electrons. The summed E-state index contributed by atoms with van der Waals surface area (Å²) < 4.78 is 39.9. The highest BCUT2D eigenvalue weighted by molar-refractivity contribution is 7.93. The van der Waals surface area contributed by atoms with Crippen LogP contribution in [-0.4, -0.2) is 35.3 Å². The lowest BCUT2D eigenvalue weighted by atomic mass is 10.1. The summed E-state index contributed by atoms with van der Waals surface area (Å²) in [4.78, 5) is 20.9. The second kappa shape index (κ2) is 8.99. The molecule has 0 aliphatic heterocycles. The van der Waals surface area contributed by atoms with Crippen molar-refractivity contribution in [2.45, 2.75) is 32.9 Å². The van der Waals surface area contributed by atoms with Crippen molar-refractivity contribution in [1.82, 2.24) is 14.5 Å². The Hall–Kier alpha value is -3.40. The van der Waals surface area contributed by atoms with Gasteiger partial charge in [0, 0.05) is 24.9 Å². The number of nitrogens with zero attached hydrogens (tertiary/aromatic N) is 3. The molecule has 3 rings (SSSR count). The van der Waals surface area contributed by atoms with Crippen molar-refractivity contribution < 1.29 is 17.9 Å². The number of aryl methyl sites for hydroxylation is 3. The van der Waals surface area contributed by atoms with E-state index in [1.54, 1.807) is 27.1 Å². The molecule has 2 heterocycles. The van der Waals surface area contributed by atoms with E-state index in [0.717, 1.165) is 11.1 Å². The van der Waals surface area contributed by atoms with E-state index in [-0.39, 0.29) is 23.1 Å². The number of ether oxygens (including phenoxy) is 2. The SMILES string of the molecule is COc1cc(-c2cc(NS(=O)(=O)C(C)C)nc(Oc3c(C)cccc3C)n2)cn(C)c1=O. The number of pyridine rings is 1. The number of methoxy groups -OCH3 is 1. The smallest absolute Gasteiger partial charge is 0.324 e. The van der Waals surface area contributed by atoms with Gasteiger partial charge in [0.1, 0.15) is 11.6 Å². The quantitative estimate of drug-likeness (QED) is 0.577. The molecule has 0 aliphatic carbocycles. The van der Waals surface area contributed by atoms with Crippen LogP contribution in [0.3, 0.4) is 0 Å². The molecular formula is C22H26N4O5S. The number of sulfonamides is 1.